The van der Waals surface area contributed by atoms with Crippen LogP contribution >= 0.6 is 0 Å². The zero-order valence-corrected chi connectivity index (χ0v) is 18.8. The van der Waals surface area contributed by atoms with Crippen LogP contribution in [0.3, 0.4) is 0 Å². The predicted molar refractivity (Wildman–Crippen MR) is 119 cm³/mol. The number of aromatic hydroxyl groups is 2. The lowest BCUT2D eigenvalue weighted by Crippen LogP contribution is -2.57. The minimum absolute atomic E-state index is 0.0699. The lowest BCUT2D eigenvalue weighted by molar-refractivity contribution is -0.145. The van der Waals surface area contributed by atoms with Gasteiger partial charge in [-0.25, -0.2) is 14.4 Å². The van der Waals surface area contributed by atoms with Crippen LogP contribution in [-0.4, -0.2) is 51.1 Å². The van der Waals surface area contributed by atoms with Gasteiger partial charge in [-0.1, -0.05) is 24.3 Å². The minimum Gasteiger partial charge on any atom is -0.504 e. The van der Waals surface area contributed by atoms with Gasteiger partial charge in [0.2, 0.25) is 0 Å². The van der Waals surface area contributed by atoms with Gasteiger partial charge in [-0.05, 0) is 63.4 Å². The van der Waals surface area contributed by atoms with Crippen molar-refractivity contribution < 1.29 is 39.2 Å². The van der Waals surface area contributed by atoms with E-state index in [-0.39, 0.29) is 31.6 Å². The van der Waals surface area contributed by atoms with Crippen molar-refractivity contribution in [2.24, 2.45) is 0 Å². The quantitative estimate of drug-likeness (QED) is 0.253. The number of ether oxygens (including phenoxy) is 2. The number of phenolic OH excluding ortho intramolecular Hbond substituents is 2. The molecule has 0 radical (unpaired) electrons. The van der Waals surface area contributed by atoms with Gasteiger partial charge in [0.05, 0.1) is 12.2 Å². The third-order valence-corrected chi connectivity index (χ3v) is 4.69. The summed E-state index contributed by atoms with van der Waals surface area (Å²) in [7, 11) is 0. The average molecular weight is 459 g/mol. The molecule has 0 unspecified atom stereocenters. The largest absolute Gasteiger partial charge is 0.504 e. The van der Waals surface area contributed by atoms with Crippen LogP contribution in [0.25, 0.3) is 0 Å². The molecule has 1 atom stereocenters. The van der Waals surface area contributed by atoms with Crippen molar-refractivity contribution in [3.63, 3.8) is 0 Å². The highest BCUT2D eigenvalue weighted by Crippen LogP contribution is 2.29. The second-order valence-corrected chi connectivity index (χ2v) is 8.62. The van der Waals surface area contributed by atoms with E-state index in [0.717, 1.165) is 0 Å². The summed E-state index contributed by atoms with van der Waals surface area (Å²) >= 11 is 0. The van der Waals surface area contributed by atoms with Crippen molar-refractivity contribution in [3.8, 4) is 11.5 Å². The molecule has 0 saturated carbocycles. The lowest BCUT2D eigenvalue weighted by atomic mass is 9.86. The van der Waals surface area contributed by atoms with Crippen LogP contribution in [-0.2, 0) is 20.7 Å². The van der Waals surface area contributed by atoms with E-state index in [1.54, 1.807) is 51.1 Å². The summed E-state index contributed by atoms with van der Waals surface area (Å²) < 4.78 is 10.5. The van der Waals surface area contributed by atoms with Crippen LogP contribution in [0, 0.1) is 0 Å². The Morgan fingerprint density at radius 1 is 0.970 bits per heavy atom. The Morgan fingerprint density at radius 2 is 1.64 bits per heavy atom. The van der Waals surface area contributed by atoms with Crippen molar-refractivity contribution in [2.75, 3.05) is 6.61 Å². The first-order valence-electron chi connectivity index (χ1n) is 10.4. The Bertz CT molecular complexity index is 984. The zero-order valence-electron chi connectivity index (χ0n) is 18.8. The molecule has 0 bridgehead atoms. The van der Waals surface area contributed by atoms with Gasteiger partial charge < -0.3 is 30.1 Å². The molecule has 2 aromatic carbocycles. The highest BCUT2D eigenvalue weighted by molar-refractivity contribution is 5.89. The number of carbonyl (C=O) groups excluding carboxylic acids is 2. The van der Waals surface area contributed by atoms with Gasteiger partial charge in [0.1, 0.15) is 11.1 Å². The first-order valence-corrected chi connectivity index (χ1v) is 10.4. The number of amides is 1. The molecule has 2 aromatic rings. The number of hydrogen-bond donors (Lipinski definition) is 4. The molecular weight excluding hydrogens is 430 g/mol. The van der Waals surface area contributed by atoms with E-state index in [1.807, 2.05) is 0 Å². The van der Waals surface area contributed by atoms with E-state index in [4.69, 9.17) is 9.47 Å². The number of carboxylic acid groups (broad SMARTS) is 1. The van der Waals surface area contributed by atoms with E-state index >= 15 is 0 Å². The fourth-order valence-corrected chi connectivity index (χ4v) is 3.15. The van der Waals surface area contributed by atoms with E-state index in [0.29, 0.717) is 11.1 Å². The Kier molecular flexibility index (Phi) is 8.28. The molecule has 9 heteroatoms. The lowest BCUT2D eigenvalue weighted by Gasteiger charge is -2.32. The predicted octanol–water partition coefficient (Wildman–Crippen LogP) is 3.63. The van der Waals surface area contributed by atoms with Crippen LogP contribution in [0.4, 0.5) is 4.79 Å². The molecule has 0 aliphatic carbocycles. The number of rotatable bonds is 9. The molecule has 0 heterocycles. The Hall–Kier alpha value is -3.75. The summed E-state index contributed by atoms with van der Waals surface area (Å²) in [5.41, 5.74) is -1.93. The van der Waals surface area contributed by atoms with Gasteiger partial charge in [0.25, 0.3) is 0 Å². The highest BCUT2D eigenvalue weighted by atomic mass is 16.6. The number of phenols is 2. The number of benzene rings is 2. The third-order valence-electron chi connectivity index (χ3n) is 4.69. The van der Waals surface area contributed by atoms with Gasteiger partial charge in [0.15, 0.2) is 11.5 Å². The molecule has 4 N–H and O–H groups in total. The summed E-state index contributed by atoms with van der Waals surface area (Å²) in [5.74, 6) is -2.64. The molecule has 1 amide bonds. The number of aliphatic carboxylic acids is 1. The minimum atomic E-state index is -1.81. The number of carboxylic acids is 1. The summed E-state index contributed by atoms with van der Waals surface area (Å²) in [6, 6.07) is 12.3. The summed E-state index contributed by atoms with van der Waals surface area (Å²) in [6.07, 6.45) is -1.09. The van der Waals surface area contributed by atoms with E-state index in [1.165, 1.54) is 18.2 Å². The van der Waals surface area contributed by atoms with Crippen LogP contribution in [0.2, 0.25) is 0 Å². The zero-order chi connectivity index (χ0) is 24.6. The smallest absolute Gasteiger partial charge is 0.408 e. The van der Waals surface area contributed by atoms with Crippen LogP contribution in [0.1, 0.15) is 49.5 Å². The van der Waals surface area contributed by atoms with E-state index < -0.39 is 34.9 Å². The van der Waals surface area contributed by atoms with Crippen molar-refractivity contribution in [1.82, 2.24) is 5.32 Å². The normalized spacial score (nSPS) is 12.9. The number of esters is 1. The molecule has 9 nitrogen and oxygen atoms in total. The summed E-state index contributed by atoms with van der Waals surface area (Å²) in [5, 5.41) is 31.8. The number of carbonyl (C=O) groups is 3. The third kappa shape index (κ3) is 7.71. The molecule has 0 fully saturated rings. The van der Waals surface area contributed by atoms with Crippen LogP contribution in [0.5, 0.6) is 11.5 Å². The molecule has 2 rings (SSSR count). The number of nitrogens with one attached hydrogen (secondary N) is 1. The van der Waals surface area contributed by atoms with Crippen molar-refractivity contribution in [2.45, 2.75) is 51.2 Å². The van der Waals surface area contributed by atoms with E-state index in [2.05, 4.69) is 5.32 Å². The Labute approximate surface area is 192 Å². The molecular formula is C24H29NO8. The maximum absolute atomic E-state index is 12.4. The molecule has 0 spiro atoms. The topological polar surface area (TPSA) is 142 Å². The highest BCUT2D eigenvalue weighted by Gasteiger charge is 2.41. The fourth-order valence-electron chi connectivity index (χ4n) is 3.15. The average Bonchev–Trinajstić information content (AvgIpc) is 2.72. The SMILES string of the molecule is CC(C)(C)OC(=O)N[C@@](CCCOC(=O)c1ccccc1)(Cc1ccc(O)c(O)c1)C(=O)O. The standard InChI is InChI=1S/C24H29NO8/c1-23(2,3)33-22(31)25-24(21(29)30,15-16-10-11-18(26)19(27)14-16)12-7-13-32-20(28)17-8-5-4-6-9-17/h4-6,8-11,14,26-27H,7,12-13,15H2,1-3H3,(H,25,31)(H,29,30)/t24-/m0/s1. The van der Waals surface area contributed by atoms with Crippen molar-refractivity contribution >= 4 is 18.0 Å². The summed E-state index contributed by atoms with van der Waals surface area (Å²) in [4.78, 5) is 36.9. The van der Waals surface area contributed by atoms with Crippen molar-refractivity contribution in [3.05, 3.63) is 59.7 Å². The summed E-state index contributed by atoms with van der Waals surface area (Å²) in [6.45, 7) is 4.88. The molecule has 0 aromatic heterocycles. The number of alkyl carbamates (subject to hydrolysis) is 1. The maximum atomic E-state index is 12.4. The first-order chi connectivity index (χ1) is 15.4. The Balaban J connectivity index is 2.18. The molecule has 0 aliphatic rings. The maximum Gasteiger partial charge on any atom is 0.408 e. The van der Waals surface area contributed by atoms with Gasteiger partial charge >= 0.3 is 18.0 Å². The second kappa shape index (κ2) is 10.7. The molecule has 0 saturated heterocycles. The molecule has 33 heavy (non-hydrogen) atoms. The number of hydrogen-bond acceptors (Lipinski definition) is 7. The van der Waals surface area contributed by atoms with Gasteiger partial charge in [0, 0.05) is 6.42 Å². The van der Waals surface area contributed by atoms with Gasteiger partial charge in [-0.3, -0.25) is 0 Å². The second-order valence-electron chi connectivity index (χ2n) is 8.62. The molecule has 0 aliphatic heterocycles. The van der Waals surface area contributed by atoms with Gasteiger partial charge in [-0.2, -0.15) is 0 Å². The van der Waals surface area contributed by atoms with Crippen molar-refractivity contribution in [1.29, 1.82) is 0 Å². The van der Waals surface area contributed by atoms with Crippen LogP contribution < -0.4 is 5.32 Å². The monoisotopic (exact) mass is 459 g/mol. The van der Waals surface area contributed by atoms with Gasteiger partial charge in [-0.15, -0.1) is 0 Å². The Morgan fingerprint density at radius 3 is 2.21 bits per heavy atom. The van der Waals surface area contributed by atoms with Crippen LogP contribution in [0.15, 0.2) is 48.5 Å². The van der Waals surface area contributed by atoms with E-state index in [9.17, 15) is 29.7 Å². The molecule has 178 valence electrons. The fraction of sp³-hybridized carbons (Fsp3) is 0.375. The first kappa shape index (κ1) is 25.5.